The zero-order chi connectivity index (χ0) is 22.3. The monoisotopic (exact) mass is 474 g/mol. The SMILES string of the molecule is COc1ccc(CC(=O)N=C2S[C@H]3CS(=O)(=O)C[C@@H]3N2Cc2ccc3c(c2)OCO3)cc1. The topological polar surface area (TPSA) is 94.5 Å². The number of sulfone groups is 1. The van der Waals surface area contributed by atoms with E-state index in [1.165, 1.54) is 11.8 Å². The molecule has 3 aliphatic rings. The molecule has 2 saturated heterocycles. The zero-order valence-corrected chi connectivity index (χ0v) is 19.0. The predicted octanol–water partition coefficient (Wildman–Crippen LogP) is 2.26. The number of benzene rings is 2. The number of thioether (sulfide) groups is 1. The first-order chi connectivity index (χ1) is 15.4. The lowest BCUT2D eigenvalue weighted by Crippen LogP contribution is -2.37. The number of hydrogen-bond acceptors (Lipinski definition) is 7. The van der Waals surface area contributed by atoms with Gasteiger partial charge in [0.25, 0.3) is 5.91 Å². The third-order valence-electron chi connectivity index (χ3n) is 5.70. The lowest BCUT2D eigenvalue weighted by molar-refractivity contribution is -0.117. The summed E-state index contributed by atoms with van der Waals surface area (Å²) in [5, 5.41) is 0.452. The molecular formula is C22H22N2O6S2. The lowest BCUT2D eigenvalue weighted by atomic mass is 10.1. The molecular weight excluding hydrogens is 452 g/mol. The van der Waals surface area contributed by atoms with Gasteiger partial charge in [-0.05, 0) is 35.4 Å². The van der Waals surface area contributed by atoms with Crippen LogP contribution in [0.4, 0.5) is 0 Å². The van der Waals surface area contributed by atoms with E-state index in [1.54, 1.807) is 19.2 Å². The standard InChI is InChI=1S/C22H22N2O6S2/c1-28-16-5-2-14(3-6-16)9-21(25)23-22-24(17-11-32(26,27)12-20(17)31-22)10-15-4-7-18-19(8-15)30-13-29-18/h2-8,17,20H,9-13H2,1H3/t17-,20-/m0/s1. The van der Waals surface area contributed by atoms with Crippen LogP contribution in [-0.4, -0.2) is 61.1 Å². The Labute approximate surface area is 190 Å². The second-order valence-corrected chi connectivity index (χ2v) is 11.3. The van der Waals surface area contributed by atoms with E-state index in [2.05, 4.69) is 4.99 Å². The molecule has 2 aromatic carbocycles. The largest absolute Gasteiger partial charge is 0.497 e. The van der Waals surface area contributed by atoms with Crippen LogP contribution in [0, 0.1) is 0 Å². The van der Waals surface area contributed by atoms with E-state index in [-0.39, 0.29) is 41.9 Å². The quantitative estimate of drug-likeness (QED) is 0.652. The number of ether oxygens (including phenoxy) is 3. The van der Waals surface area contributed by atoms with Gasteiger partial charge in [0.15, 0.2) is 26.5 Å². The summed E-state index contributed by atoms with van der Waals surface area (Å²) in [7, 11) is -1.51. The molecule has 1 amide bonds. The Hall–Kier alpha value is -2.72. The number of nitrogens with zero attached hydrogens (tertiary/aromatic N) is 2. The first-order valence-electron chi connectivity index (χ1n) is 10.2. The molecule has 0 bridgehead atoms. The summed E-state index contributed by atoms with van der Waals surface area (Å²) < 4.78 is 40.4. The highest BCUT2D eigenvalue weighted by Crippen LogP contribution is 2.40. The molecule has 0 aromatic heterocycles. The van der Waals surface area contributed by atoms with Crippen molar-refractivity contribution in [3.63, 3.8) is 0 Å². The first kappa shape index (κ1) is 21.1. The molecule has 0 radical (unpaired) electrons. The number of methoxy groups -OCH3 is 1. The summed E-state index contributed by atoms with van der Waals surface area (Å²) in [5.74, 6) is 1.99. The normalized spacial score (nSPS) is 24.0. The fourth-order valence-corrected chi connectivity index (χ4v) is 8.09. The van der Waals surface area contributed by atoms with Crippen LogP contribution in [0.3, 0.4) is 0 Å². The number of aliphatic imine (C=N–C) groups is 1. The number of fused-ring (bicyclic) bond motifs is 2. The Morgan fingerprint density at radius 1 is 1.12 bits per heavy atom. The van der Waals surface area contributed by atoms with Crippen molar-refractivity contribution >= 4 is 32.7 Å². The molecule has 0 N–H and O–H groups in total. The fraction of sp³-hybridized carbons (Fsp3) is 0.364. The van der Waals surface area contributed by atoms with Gasteiger partial charge in [-0.25, -0.2) is 8.42 Å². The van der Waals surface area contributed by atoms with E-state index >= 15 is 0 Å². The van der Waals surface area contributed by atoms with Crippen molar-refractivity contribution in [2.75, 3.05) is 25.4 Å². The molecule has 0 spiro atoms. The van der Waals surface area contributed by atoms with Crippen molar-refractivity contribution in [3.05, 3.63) is 53.6 Å². The zero-order valence-electron chi connectivity index (χ0n) is 17.4. The Kier molecular flexibility index (Phi) is 5.50. The van der Waals surface area contributed by atoms with Crippen molar-refractivity contribution in [1.29, 1.82) is 0 Å². The van der Waals surface area contributed by atoms with Gasteiger partial charge < -0.3 is 19.1 Å². The highest BCUT2D eigenvalue weighted by Gasteiger charge is 2.48. The minimum atomic E-state index is -3.11. The van der Waals surface area contributed by atoms with Crippen molar-refractivity contribution in [2.24, 2.45) is 4.99 Å². The highest BCUT2D eigenvalue weighted by atomic mass is 32.2. The maximum absolute atomic E-state index is 12.7. The van der Waals surface area contributed by atoms with Gasteiger partial charge >= 0.3 is 0 Å². The molecule has 10 heteroatoms. The Morgan fingerprint density at radius 3 is 2.66 bits per heavy atom. The molecule has 0 aliphatic carbocycles. The number of hydrogen-bond donors (Lipinski definition) is 0. The molecule has 2 aromatic rings. The summed E-state index contributed by atoms with van der Waals surface area (Å²) in [4.78, 5) is 19.0. The molecule has 0 unspecified atom stereocenters. The summed E-state index contributed by atoms with van der Waals surface area (Å²) >= 11 is 1.38. The number of carbonyl (C=O) groups excluding carboxylic acids is 1. The molecule has 3 heterocycles. The van der Waals surface area contributed by atoms with Gasteiger partial charge in [-0.3, -0.25) is 4.79 Å². The fourth-order valence-electron chi connectivity index (χ4n) is 4.12. The van der Waals surface area contributed by atoms with Crippen LogP contribution in [0.25, 0.3) is 0 Å². The van der Waals surface area contributed by atoms with Crippen LogP contribution in [0.5, 0.6) is 17.2 Å². The van der Waals surface area contributed by atoms with Crippen molar-refractivity contribution < 1.29 is 27.4 Å². The van der Waals surface area contributed by atoms with Gasteiger partial charge in [-0.1, -0.05) is 30.0 Å². The van der Waals surface area contributed by atoms with Crippen LogP contribution in [0.1, 0.15) is 11.1 Å². The first-order valence-corrected chi connectivity index (χ1v) is 12.9. The predicted molar refractivity (Wildman–Crippen MR) is 121 cm³/mol. The summed E-state index contributed by atoms with van der Waals surface area (Å²) in [6, 6.07) is 12.7. The molecule has 3 aliphatic heterocycles. The highest BCUT2D eigenvalue weighted by molar-refractivity contribution is 8.15. The third kappa shape index (κ3) is 4.29. The number of amidine groups is 1. The van der Waals surface area contributed by atoms with E-state index in [4.69, 9.17) is 14.2 Å². The van der Waals surface area contributed by atoms with Gasteiger partial charge in [-0.15, -0.1) is 0 Å². The van der Waals surface area contributed by atoms with Crippen molar-refractivity contribution in [1.82, 2.24) is 4.90 Å². The Morgan fingerprint density at radius 2 is 1.88 bits per heavy atom. The molecule has 32 heavy (non-hydrogen) atoms. The van der Waals surface area contributed by atoms with E-state index in [1.807, 2.05) is 35.2 Å². The minimum absolute atomic E-state index is 0.0703. The number of carbonyl (C=O) groups is 1. The lowest BCUT2D eigenvalue weighted by Gasteiger charge is -2.24. The van der Waals surface area contributed by atoms with Crippen LogP contribution in [-0.2, 0) is 27.6 Å². The smallest absolute Gasteiger partial charge is 0.252 e. The maximum atomic E-state index is 12.7. The minimum Gasteiger partial charge on any atom is -0.497 e. The van der Waals surface area contributed by atoms with E-state index in [0.29, 0.717) is 23.2 Å². The van der Waals surface area contributed by atoms with Crippen LogP contribution < -0.4 is 14.2 Å². The van der Waals surface area contributed by atoms with Crippen molar-refractivity contribution in [2.45, 2.75) is 24.3 Å². The Balaban J connectivity index is 1.37. The molecule has 2 fully saturated rings. The number of amides is 1. The van der Waals surface area contributed by atoms with Gasteiger partial charge in [0.1, 0.15) is 5.75 Å². The van der Waals surface area contributed by atoms with Crippen molar-refractivity contribution in [3.8, 4) is 17.2 Å². The van der Waals surface area contributed by atoms with E-state index in [0.717, 1.165) is 16.9 Å². The van der Waals surface area contributed by atoms with Crippen LogP contribution >= 0.6 is 11.8 Å². The van der Waals surface area contributed by atoms with Gasteiger partial charge in [0, 0.05) is 11.8 Å². The van der Waals surface area contributed by atoms with E-state index < -0.39 is 9.84 Å². The summed E-state index contributed by atoms with van der Waals surface area (Å²) in [6.45, 7) is 0.628. The molecule has 5 rings (SSSR count). The molecule has 8 nitrogen and oxygen atoms in total. The van der Waals surface area contributed by atoms with Gasteiger partial charge in [0.2, 0.25) is 6.79 Å². The molecule has 2 atom stereocenters. The average molecular weight is 475 g/mol. The molecule has 168 valence electrons. The molecule has 0 saturated carbocycles. The second kappa shape index (κ2) is 8.32. The second-order valence-electron chi connectivity index (χ2n) is 7.93. The maximum Gasteiger partial charge on any atom is 0.252 e. The summed E-state index contributed by atoms with van der Waals surface area (Å²) in [6.07, 6.45) is 0.166. The Bertz CT molecular complexity index is 1180. The van der Waals surface area contributed by atoms with Gasteiger partial charge in [-0.2, -0.15) is 4.99 Å². The van der Waals surface area contributed by atoms with E-state index in [9.17, 15) is 13.2 Å². The number of rotatable bonds is 5. The van der Waals surface area contributed by atoms with Crippen LogP contribution in [0.2, 0.25) is 0 Å². The van der Waals surface area contributed by atoms with Crippen LogP contribution in [0.15, 0.2) is 47.5 Å². The third-order valence-corrected chi connectivity index (χ3v) is 8.95. The van der Waals surface area contributed by atoms with Gasteiger partial charge in [0.05, 0.1) is 31.1 Å². The summed E-state index contributed by atoms with van der Waals surface area (Å²) in [5.41, 5.74) is 1.78. The average Bonchev–Trinajstić information content (AvgIpc) is 3.42.